The van der Waals surface area contributed by atoms with Crippen molar-refractivity contribution in [3.05, 3.63) is 75.9 Å². The fraction of sp³-hybridized carbons (Fsp3) is 0.167. The van der Waals surface area contributed by atoms with Crippen LogP contribution in [-0.4, -0.2) is 47.1 Å². The second-order valence-electron chi connectivity index (χ2n) is 7.35. The third-order valence-corrected chi connectivity index (χ3v) is 4.89. The van der Waals surface area contributed by atoms with E-state index in [1.807, 2.05) is 0 Å². The number of nitro benzene ring substituents is 1. The molecule has 0 unspecified atom stereocenters. The van der Waals surface area contributed by atoms with Crippen LogP contribution in [0.25, 0.3) is 6.08 Å². The van der Waals surface area contributed by atoms with Gasteiger partial charge in [0, 0.05) is 17.7 Å². The highest BCUT2D eigenvalue weighted by molar-refractivity contribution is 6.39. The number of hydrogen-bond donors (Lipinski definition) is 2. The predicted molar refractivity (Wildman–Crippen MR) is 127 cm³/mol. The van der Waals surface area contributed by atoms with Gasteiger partial charge in [-0.15, -0.1) is 6.58 Å². The Morgan fingerprint density at radius 2 is 1.89 bits per heavy atom. The minimum atomic E-state index is -1.19. The number of carbonyl (C=O) groups is 4. The van der Waals surface area contributed by atoms with Gasteiger partial charge in [-0.2, -0.15) is 0 Å². The van der Waals surface area contributed by atoms with Crippen LogP contribution >= 0.6 is 0 Å². The topological polar surface area (TPSA) is 165 Å². The van der Waals surface area contributed by atoms with E-state index in [0.29, 0.717) is 16.0 Å². The van der Waals surface area contributed by atoms with Gasteiger partial charge in [0.25, 0.3) is 17.5 Å². The van der Waals surface area contributed by atoms with E-state index in [1.165, 1.54) is 24.3 Å². The Morgan fingerprint density at radius 3 is 2.47 bits per heavy atom. The average molecular weight is 495 g/mol. The molecule has 186 valence electrons. The first-order valence-electron chi connectivity index (χ1n) is 10.6. The summed E-state index contributed by atoms with van der Waals surface area (Å²) in [6, 6.07) is 6.72. The van der Waals surface area contributed by atoms with Crippen LogP contribution in [0.2, 0.25) is 0 Å². The molecule has 0 radical (unpaired) electrons. The Balaban J connectivity index is 2.05. The number of aliphatic carboxylic acids is 1. The number of hydrogen-bond acceptors (Lipinski definition) is 8. The summed E-state index contributed by atoms with van der Waals surface area (Å²) in [7, 11) is 0. The number of carbonyl (C=O) groups excluding carboxylic acids is 3. The van der Waals surface area contributed by atoms with E-state index < -0.39 is 35.3 Å². The largest absolute Gasteiger partial charge is 0.490 e. The van der Waals surface area contributed by atoms with Crippen LogP contribution in [0.4, 0.5) is 16.2 Å². The summed E-state index contributed by atoms with van der Waals surface area (Å²) in [4.78, 5) is 60.0. The minimum absolute atomic E-state index is 0.0290. The van der Waals surface area contributed by atoms with Crippen LogP contribution in [0.5, 0.6) is 11.5 Å². The number of nitrogens with one attached hydrogen (secondary N) is 1. The Hall–Kier alpha value is -5.00. The fourth-order valence-corrected chi connectivity index (χ4v) is 3.42. The van der Waals surface area contributed by atoms with Crippen molar-refractivity contribution in [2.75, 3.05) is 18.1 Å². The summed E-state index contributed by atoms with van der Waals surface area (Å²) in [6.07, 6.45) is 3.07. The van der Waals surface area contributed by atoms with Crippen LogP contribution in [-0.2, 0) is 20.8 Å². The zero-order chi connectivity index (χ0) is 26.4. The van der Waals surface area contributed by atoms with Crippen LogP contribution in [0.1, 0.15) is 18.1 Å². The molecule has 0 atom stereocenters. The fourth-order valence-electron chi connectivity index (χ4n) is 3.42. The number of amides is 4. The quantitative estimate of drug-likeness (QED) is 0.166. The predicted octanol–water partition coefficient (Wildman–Crippen LogP) is 2.85. The van der Waals surface area contributed by atoms with Crippen molar-refractivity contribution in [3.63, 3.8) is 0 Å². The van der Waals surface area contributed by atoms with Gasteiger partial charge in [-0.3, -0.25) is 25.0 Å². The van der Waals surface area contributed by atoms with Gasteiger partial charge in [0.1, 0.15) is 5.57 Å². The molecule has 1 aliphatic rings. The number of urea groups is 1. The molecular formula is C24H21N3O9. The summed E-state index contributed by atoms with van der Waals surface area (Å²) >= 11 is 0. The Labute approximate surface area is 204 Å². The monoisotopic (exact) mass is 495 g/mol. The summed E-state index contributed by atoms with van der Waals surface area (Å²) in [5.41, 5.74) is 0.254. The number of barbiturate groups is 1. The second-order valence-corrected chi connectivity index (χ2v) is 7.35. The smallest absolute Gasteiger partial charge is 0.341 e. The lowest BCUT2D eigenvalue weighted by Gasteiger charge is -2.26. The molecular weight excluding hydrogens is 474 g/mol. The standard InChI is InChI=1S/C24H21N3O9/c1-3-5-15-10-14(12-19(35-4-2)21(15)36-13-20(28)29)11-18-22(30)25-24(32)26(23(18)31)16-6-8-17(9-7-16)27(33)34/h3,6-12H,1,4-5,13H2,2H3,(H,28,29)(H,25,30,32)/b18-11+. The molecule has 0 aliphatic carbocycles. The van der Waals surface area contributed by atoms with Gasteiger partial charge in [0.15, 0.2) is 18.1 Å². The first kappa shape index (κ1) is 25.6. The third kappa shape index (κ3) is 5.55. The van der Waals surface area contributed by atoms with Gasteiger partial charge in [-0.25, -0.2) is 14.5 Å². The molecule has 3 rings (SSSR count). The van der Waals surface area contributed by atoms with Crippen LogP contribution in [0, 0.1) is 10.1 Å². The van der Waals surface area contributed by atoms with Gasteiger partial charge in [0.05, 0.1) is 17.2 Å². The number of ether oxygens (including phenoxy) is 2. The van der Waals surface area contributed by atoms with E-state index in [2.05, 4.69) is 11.9 Å². The maximum atomic E-state index is 13.1. The number of non-ortho nitro benzene ring substituents is 1. The molecule has 12 heteroatoms. The van der Waals surface area contributed by atoms with E-state index in [-0.39, 0.29) is 41.5 Å². The number of imide groups is 2. The molecule has 0 aromatic heterocycles. The number of benzene rings is 2. The SMILES string of the molecule is C=CCc1cc(/C=C2\C(=O)NC(=O)N(c3ccc([N+](=O)[O-])cc3)C2=O)cc(OCC)c1OCC(=O)O. The van der Waals surface area contributed by atoms with E-state index in [0.717, 1.165) is 12.1 Å². The molecule has 4 amide bonds. The number of rotatable bonds is 10. The van der Waals surface area contributed by atoms with Crippen LogP contribution < -0.4 is 19.7 Å². The molecule has 2 aromatic carbocycles. The third-order valence-electron chi connectivity index (χ3n) is 4.89. The maximum Gasteiger partial charge on any atom is 0.341 e. The van der Waals surface area contributed by atoms with Crippen LogP contribution in [0.3, 0.4) is 0 Å². The molecule has 1 saturated heterocycles. The summed E-state index contributed by atoms with van der Waals surface area (Å²) in [5.74, 6) is -2.68. The number of carboxylic acids is 1. The highest BCUT2D eigenvalue weighted by Crippen LogP contribution is 2.35. The first-order chi connectivity index (χ1) is 17.2. The molecule has 2 aromatic rings. The molecule has 0 spiro atoms. The Bertz CT molecular complexity index is 1280. The highest BCUT2D eigenvalue weighted by Gasteiger charge is 2.37. The van der Waals surface area contributed by atoms with Crippen molar-refractivity contribution in [1.29, 1.82) is 0 Å². The van der Waals surface area contributed by atoms with Crippen molar-refractivity contribution in [2.45, 2.75) is 13.3 Å². The highest BCUT2D eigenvalue weighted by atomic mass is 16.6. The van der Waals surface area contributed by atoms with Crippen molar-refractivity contribution in [1.82, 2.24) is 5.32 Å². The lowest BCUT2D eigenvalue weighted by atomic mass is 10.0. The molecule has 0 bridgehead atoms. The summed E-state index contributed by atoms with van der Waals surface area (Å²) in [5, 5.41) is 22.0. The van der Waals surface area contributed by atoms with E-state index in [1.54, 1.807) is 19.1 Å². The molecule has 0 saturated carbocycles. The molecule has 12 nitrogen and oxygen atoms in total. The molecule has 1 heterocycles. The Kier molecular flexibility index (Phi) is 7.79. The minimum Gasteiger partial charge on any atom is -0.490 e. The van der Waals surface area contributed by atoms with E-state index >= 15 is 0 Å². The van der Waals surface area contributed by atoms with Crippen molar-refractivity contribution in [3.8, 4) is 11.5 Å². The maximum absolute atomic E-state index is 13.1. The number of nitrogens with zero attached hydrogens (tertiary/aromatic N) is 2. The molecule has 1 fully saturated rings. The average Bonchev–Trinajstić information content (AvgIpc) is 2.81. The first-order valence-corrected chi connectivity index (χ1v) is 10.6. The van der Waals surface area contributed by atoms with Gasteiger partial charge in [-0.1, -0.05) is 6.08 Å². The molecule has 1 aliphatic heterocycles. The van der Waals surface area contributed by atoms with Gasteiger partial charge in [0.2, 0.25) is 0 Å². The lowest BCUT2D eigenvalue weighted by Crippen LogP contribution is -2.54. The van der Waals surface area contributed by atoms with Gasteiger partial charge in [-0.05, 0) is 49.2 Å². The number of anilines is 1. The molecule has 2 N–H and O–H groups in total. The van der Waals surface area contributed by atoms with E-state index in [4.69, 9.17) is 14.6 Å². The summed E-state index contributed by atoms with van der Waals surface area (Å²) < 4.78 is 11.0. The second kappa shape index (κ2) is 11.0. The zero-order valence-electron chi connectivity index (χ0n) is 19.1. The number of carboxylic acid groups (broad SMARTS) is 1. The number of nitro groups is 1. The zero-order valence-corrected chi connectivity index (χ0v) is 19.1. The van der Waals surface area contributed by atoms with Gasteiger partial charge >= 0.3 is 12.0 Å². The number of allylic oxidation sites excluding steroid dienone is 1. The van der Waals surface area contributed by atoms with Crippen molar-refractivity contribution >= 4 is 41.3 Å². The molecule has 36 heavy (non-hydrogen) atoms. The van der Waals surface area contributed by atoms with Crippen molar-refractivity contribution < 1.29 is 38.7 Å². The van der Waals surface area contributed by atoms with Crippen LogP contribution in [0.15, 0.2) is 54.6 Å². The van der Waals surface area contributed by atoms with Crippen molar-refractivity contribution in [2.24, 2.45) is 0 Å². The Morgan fingerprint density at radius 1 is 1.19 bits per heavy atom. The summed E-state index contributed by atoms with van der Waals surface area (Å²) in [6.45, 7) is 4.99. The normalized spacial score (nSPS) is 14.4. The van der Waals surface area contributed by atoms with E-state index in [9.17, 15) is 29.3 Å². The van der Waals surface area contributed by atoms with Gasteiger partial charge < -0.3 is 14.6 Å². The lowest BCUT2D eigenvalue weighted by molar-refractivity contribution is -0.384.